The van der Waals surface area contributed by atoms with Crippen LogP contribution in [0.25, 0.3) is 0 Å². The van der Waals surface area contributed by atoms with E-state index < -0.39 is 4.92 Å². The first-order chi connectivity index (χ1) is 11.7. The second kappa shape index (κ2) is 7.69. The maximum atomic E-state index is 12.2. The molecule has 1 aliphatic heterocycles. The summed E-state index contributed by atoms with van der Waals surface area (Å²) in [6.07, 6.45) is 2.60. The largest absolute Gasteiger partial charge is 0.359 e. The molecule has 1 aromatic carbocycles. The number of amides is 1. The Bertz CT molecular complexity index is 738. The van der Waals surface area contributed by atoms with Crippen molar-refractivity contribution in [2.45, 2.75) is 39.1 Å². The molecule has 0 saturated carbocycles. The molecular formula is C17H22N4O3S. The number of hydrogen-bond donors (Lipinski definition) is 3. The third-order valence-corrected chi connectivity index (χ3v) is 3.90. The number of aliphatic imine (C=N–C) groups is 1. The van der Waals surface area contributed by atoms with Gasteiger partial charge in [0.2, 0.25) is 5.91 Å². The molecule has 1 atom stereocenters. The summed E-state index contributed by atoms with van der Waals surface area (Å²) in [5.41, 5.74) is 1.42. The molecule has 8 heteroatoms. The van der Waals surface area contributed by atoms with E-state index in [0.29, 0.717) is 6.42 Å². The molecule has 1 aromatic rings. The smallest absolute Gasteiger partial charge is 0.292 e. The second-order valence-electron chi connectivity index (χ2n) is 6.77. The molecule has 7 nitrogen and oxygen atoms in total. The van der Waals surface area contributed by atoms with Gasteiger partial charge in [-0.2, -0.15) is 0 Å². The molecule has 0 bridgehead atoms. The summed E-state index contributed by atoms with van der Waals surface area (Å²) >= 11 is 4.36. The summed E-state index contributed by atoms with van der Waals surface area (Å²) in [6, 6.07) is 6.08. The van der Waals surface area contributed by atoms with Gasteiger partial charge < -0.3 is 10.6 Å². The summed E-state index contributed by atoms with van der Waals surface area (Å²) in [5, 5.41) is 16.7. The molecule has 1 amide bonds. The van der Waals surface area contributed by atoms with Crippen LogP contribution < -0.4 is 10.6 Å². The second-order valence-corrected chi connectivity index (χ2v) is 7.26. The molecule has 0 unspecified atom stereocenters. The Labute approximate surface area is 152 Å². The highest BCUT2D eigenvalue weighted by molar-refractivity contribution is 7.80. The maximum absolute atomic E-state index is 12.2. The Morgan fingerprint density at radius 2 is 2.08 bits per heavy atom. The van der Waals surface area contributed by atoms with Gasteiger partial charge in [-0.25, -0.2) is 0 Å². The zero-order valence-electron chi connectivity index (χ0n) is 14.4. The van der Waals surface area contributed by atoms with E-state index in [1.54, 1.807) is 12.1 Å². The molecule has 2 rings (SSSR count). The van der Waals surface area contributed by atoms with Crippen LogP contribution in [-0.2, 0) is 4.79 Å². The van der Waals surface area contributed by atoms with E-state index in [2.05, 4.69) is 49.0 Å². The SMILES string of the molecule is CC(C)(C)C1=N[C@@H](S)NC(CCC(=O)Nc2ccccc2[N+](=O)[O-])=C1. The lowest BCUT2D eigenvalue weighted by atomic mass is 9.88. The van der Waals surface area contributed by atoms with Gasteiger partial charge >= 0.3 is 0 Å². The van der Waals surface area contributed by atoms with Gasteiger partial charge in [0, 0.05) is 29.3 Å². The number of carbonyl (C=O) groups excluding carboxylic acids is 1. The highest BCUT2D eigenvalue weighted by Gasteiger charge is 2.23. The molecule has 0 aromatic heterocycles. The molecule has 0 fully saturated rings. The molecule has 0 radical (unpaired) electrons. The van der Waals surface area contributed by atoms with Crippen LogP contribution in [0.2, 0.25) is 0 Å². The van der Waals surface area contributed by atoms with Crippen molar-refractivity contribution in [3.05, 3.63) is 46.2 Å². The molecule has 0 aliphatic carbocycles. The Kier molecular flexibility index (Phi) is 5.84. The van der Waals surface area contributed by atoms with Crippen LogP contribution >= 0.6 is 12.6 Å². The van der Waals surface area contributed by atoms with E-state index in [0.717, 1.165) is 11.4 Å². The minimum Gasteiger partial charge on any atom is -0.359 e. The number of para-hydroxylation sites is 2. The average molecular weight is 362 g/mol. The lowest BCUT2D eigenvalue weighted by Crippen LogP contribution is -2.32. The number of hydrogen-bond acceptors (Lipinski definition) is 6. The molecule has 25 heavy (non-hydrogen) atoms. The Balaban J connectivity index is 2.00. The third kappa shape index (κ3) is 5.32. The molecule has 1 heterocycles. The molecular weight excluding hydrogens is 340 g/mol. The van der Waals surface area contributed by atoms with Crippen molar-refractivity contribution in [1.82, 2.24) is 5.32 Å². The molecule has 1 aliphatic rings. The van der Waals surface area contributed by atoms with Gasteiger partial charge in [-0.1, -0.05) is 32.9 Å². The number of thiol groups is 1. The first kappa shape index (κ1) is 19.0. The molecule has 2 N–H and O–H groups in total. The molecule has 0 saturated heterocycles. The highest BCUT2D eigenvalue weighted by atomic mass is 32.1. The maximum Gasteiger partial charge on any atom is 0.292 e. The number of nitrogens with one attached hydrogen (secondary N) is 2. The van der Waals surface area contributed by atoms with Crippen molar-refractivity contribution in [3.8, 4) is 0 Å². The van der Waals surface area contributed by atoms with E-state index in [9.17, 15) is 14.9 Å². The van der Waals surface area contributed by atoms with Gasteiger partial charge in [-0.15, -0.1) is 12.6 Å². The summed E-state index contributed by atoms with van der Waals surface area (Å²) in [6.45, 7) is 6.19. The first-order valence-corrected chi connectivity index (χ1v) is 8.45. The highest BCUT2D eigenvalue weighted by Crippen LogP contribution is 2.25. The predicted octanol–water partition coefficient (Wildman–Crippen LogP) is 3.50. The fraction of sp³-hybridized carbons (Fsp3) is 0.412. The van der Waals surface area contributed by atoms with Crippen molar-refractivity contribution in [1.29, 1.82) is 0 Å². The Morgan fingerprint density at radius 1 is 1.40 bits per heavy atom. The average Bonchev–Trinajstić information content (AvgIpc) is 2.52. The van der Waals surface area contributed by atoms with Gasteiger partial charge in [-0.05, 0) is 18.6 Å². The van der Waals surface area contributed by atoms with E-state index in [-0.39, 0.29) is 34.6 Å². The van der Waals surface area contributed by atoms with Crippen LogP contribution in [0, 0.1) is 15.5 Å². The number of benzene rings is 1. The normalized spacial score (nSPS) is 17.2. The van der Waals surface area contributed by atoms with Crippen LogP contribution in [0.4, 0.5) is 11.4 Å². The summed E-state index contributed by atoms with van der Waals surface area (Å²) in [5.74, 6) is -0.285. The van der Waals surface area contributed by atoms with Gasteiger partial charge in [-0.3, -0.25) is 19.9 Å². The third-order valence-electron chi connectivity index (χ3n) is 3.65. The lowest BCUT2D eigenvalue weighted by molar-refractivity contribution is -0.383. The number of anilines is 1. The zero-order chi connectivity index (χ0) is 18.6. The Morgan fingerprint density at radius 3 is 2.72 bits per heavy atom. The van der Waals surface area contributed by atoms with Crippen LogP contribution in [0.1, 0.15) is 33.6 Å². The van der Waals surface area contributed by atoms with E-state index in [4.69, 9.17) is 0 Å². The fourth-order valence-corrected chi connectivity index (χ4v) is 2.62. The van der Waals surface area contributed by atoms with Crippen LogP contribution in [0.5, 0.6) is 0 Å². The van der Waals surface area contributed by atoms with Gasteiger partial charge in [0.1, 0.15) is 5.69 Å². The minimum absolute atomic E-state index is 0.110. The summed E-state index contributed by atoms with van der Waals surface area (Å²) in [4.78, 5) is 27.1. The van der Waals surface area contributed by atoms with Gasteiger partial charge in [0.15, 0.2) is 5.50 Å². The zero-order valence-corrected chi connectivity index (χ0v) is 15.3. The molecule has 0 spiro atoms. The van der Waals surface area contributed by atoms with Crippen molar-refractivity contribution in [3.63, 3.8) is 0 Å². The lowest BCUT2D eigenvalue weighted by Gasteiger charge is -2.27. The standard InChI is InChI=1S/C17H22N4O3S/c1-17(2,3)14-10-11(18-16(25)20-14)8-9-15(22)19-12-6-4-5-7-13(12)21(23)24/h4-7,10,16,18,25H,8-9H2,1-3H3,(H,19,22)/t16-/m0/s1. The van der Waals surface area contributed by atoms with Gasteiger partial charge in [0.25, 0.3) is 5.69 Å². The van der Waals surface area contributed by atoms with E-state index >= 15 is 0 Å². The number of nitro groups is 1. The Hall–Kier alpha value is -2.35. The number of carbonyl (C=O) groups is 1. The van der Waals surface area contributed by atoms with Crippen molar-refractivity contribution in [2.24, 2.45) is 10.4 Å². The quantitative estimate of drug-likeness (QED) is 0.424. The van der Waals surface area contributed by atoms with Crippen molar-refractivity contribution in [2.75, 3.05) is 5.32 Å². The number of nitrogens with zero attached hydrogens (tertiary/aromatic N) is 2. The van der Waals surface area contributed by atoms with Crippen LogP contribution in [0.15, 0.2) is 41.0 Å². The monoisotopic (exact) mass is 362 g/mol. The topological polar surface area (TPSA) is 96.6 Å². The molecule has 134 valence electrons. The number of allylic oxidation sites excluding steroid dienone is 2. The fourth-order valence-electron chi connectivity index (χ4n) is 2.33. The van der Waals surface area contributed by atoms with E-state index in [1.807, 2.05) is 6.08 Å². The number of nitro benzene ring substituents is 1. The summed E-state index contributed by atoms with van der Waals surface area (Å²) in [7, 11) is 0. The van der Waals surface area contributed by atoms with Gasteiger partial charge in [0.05, 0.1) is 4.92 Å². The first-order valence-electron chi connectivity index (χ1n) is 7.93. The van der Waals surface area contributed by atoms with Crippen LogP contribution in [-0.4, -0.2) is 22.0 Å². The minimum atomic E-state index is -0.515. The predicted molar refractivity (Wildman–Crippen MR) is 102 cm³/mol. The van der Waals surface area contributed by atoms with Crippen molar-refractivity contribution >= 4 is 35.6 Å². The summed E-state index contributed by atoms with van der Waals surface area (Å²) < 4.78 is 0. The number of rotatable bonds is 5. The van der Waals surface area contributed by atoms with Crippen molar-refractivity contribution < 1.29 is 9.72 Å². The van der Waals surface area contributed by atoms with E-state index in [1.165, 1.54) is 12.1 Å². The van der Waals surface area contributed by atoms with Crippen LogP contribution in [0.3, 0.4) is 0 Å².